The highest BCUT2D eigenvalue weighted by atomic mass is 35.5. The van der Waals surface area contributed by atoms with Crippen molar-refractivity contribution in [2.45, 2.75) is 23.1 Å². The van der Waals surface area contributed by atoms with Crippen LogP contribution in [0.2, 0.25) is 10.0 Å². The first kappa shape index (κ1) is 27.2. The number of ether oxygens (including phenoxy) is 1. The second-order valence-electron chi connectivity index (χ2n) is 8.69. The number of methoxy groups -OCH3 is 1. The highest BCUT2D eigenvalue weighted by Gasteiger charge is 2.49. The minimum absolute atomic E-state index is 0.113. The number of benzene rings is 3. The number of aliphatic hydroxyl groups is 1. The molecule has 0 saturated carbocycles. The van der Waals surface area contributed by atoms with Gasteiger partial charge in [0.25, 0.3) is 5.78 Å². The Hall–Kier alpha value is -3.37. The number of aryl methyl sites for hydroxylation is 1. The van der Waals surface area contributed by atoms with Crippen LogP contribution in [0.3, 0.4) is 0 Å². The average Bonchev–Trinajstić information content (AvgIpc) is 3.50. The molecule has 0 spiro atoms. The number of hydrogen-bond donors (Lipinski definition) is 1. The number of carbonyl (C=O) groups excluding carboxylic acids is 2. The SMILES string of the molecule is COc1ccc(/C(O)=C2/C(=O)C(=O)N(c3nnc(SCc4ccc(C)cc4)s3)C2c2ccc(Cl)cc2Cl)cc1. The summed E-state index contributed by atoms with van der Waals surface area (Å²) in [6.45, 7) is 2.03. The van der Waals surface area contributed by atoms with E-state index >= 15 is 0 Å². The second-order valence-corrected chi connectivity index (χ2v) is 11.7. The molecule has 1 atom stereocenters. The summed E-state index contributed by atoms with van der Waals surface area (Å²) < 4.78 is 5.82. The molecule has 1 amide bonds. The second kappa shape index (κ2) is 11.4. The molecule has 1 aliphatic rings. The molecular formula is C28H21Cl2N3O4S2. The first-order valence-electron chi connectivity index (χ1n) is 11.7. The van der Waals surface area contributed by atoms with Crippen molar-refractivity contribution in [2.24, 2.45) is 0 Å². The first-order chi connectivity index (χ1) is 18.8. The van der Waals surface area contributed by atoms with Crippen molar-refractivity contribution in [2.75, 3.05) is 12.0 Å². The van der Waals surface area contributed by atoms with Gasteiger partial charge in [-0.15, -0.1) is 10.2 Å². The third kappa shape index (κ3) is 5.53. The van der Waals surface area contributed by atoms with Crippen molar-refractivity contribution >= 4 is 68.9 Å². The number of halogens is 2. The van der Waals surface area contributed by atoms with Gasteiger partial charge in [-0.25, -0.2) is 0 Å². The van der Waals surface area contributed by atoms with E-state index in [0.29, 0.717) is 32.0 Å². The Bertz CT molecular complexity index is 1590. The van der Waals surface area contributed by atoms with Crippen LogP contribution in [0.5, 0.6) is 5.75 Å². The number of carbonyl (C=O) groups is 2. The summed E-state index contributed by atoms with van der Waals surface area (Å²) in [5.41, 5.74) is 2.94. The molecule has 0 bridgehead atoms. The molecule has 1 aromatic heterocycles. The Kier molecular flexibility index (Phi) is 7.95. The molecule has 1 fully saturated rings. The Morgan fingerprint density at radius 3 is 2.44 bits per heavy atom. The number of amides is 1. The Balaban J connectivity index is 1.55. The number of aliphatic hydroxyl groups excluding tert-OH is 1. The number of thioether (sulfide) groups is 1. The molecule has 1 unspecified atom stereocenters. The van der Waals surface area contributed by atoms with E-state index in [4.69, 9.17) is 27.9 Å². The number of aromatic nitrogens is 2. The van der Waals surface area contributed by atoms with Crippen LogP contribution in [0.25, 0.3) is 5.76 Å². The number of anilines is 1. The molecule has 0 aliphatic carbocycles. The summed E-state index contributed by atoms with van der Waals surface area (Å²) in [6.07, 6.45) is 0. The molecule has 1 saturated heterocycles. The van der Waals surface area contributed by atoms with Gasteiger partial charge in [0.2, 0.25) is 5.13 Å². The summed E-state index contributed by atoms with van der Waals surface area (Å²) in [5.74, 6) is -0.796. The summed E-state index contributed by atoms with van der Waals surface area (Å²) in [5, 5.41) is 20.6. The van der Waals surface area contributed by atoms with Crippen LogP contribution in [0.15, 0.2) is 76.6 Å². The fourth-order valence-corrected chi connectivity index (χ4v) is 6.47. The number of hydrogen-bond acceptors (Lipinski definition) is 8. The summed E-state index contributed by atoms with van der Waals surface area (Å²) in [7, 11) is 1.53. The van der Waals surface area contributed by atoms with Crippen LogP contribution in [0, 0.1) is 6.92 Å². The third-order valence-electron chi connectivity index (χ3n) is 6.15. The number of rotatable bonds is 7. The summed E-state index contributed by atoms with van der Waals surface area (Å²) in [4.78, 5) is 28.0. The minimum Gasteiger partial charge on any atom is -0.507 e. The van der Waals surface area contributed by atoms with Crippen LogP contribution >= 0.6 is 46.3 Å². The monoisotopic (exact) mass is 597 g/mol. The van der Waals surface area contributed by atoms with Gasteiger partial charge in [0, 0.05) is 21.4 Å². The van der Waals surface area contributed by atoms with Gasteiger partial charge in [-0.2, -0.15) is 0 Å². The zero-order chi connectivity index (χ0) is 27.7. The van der Waals surface area contributed by atoms with Gasteiger partial charge in [0.1, 0.15) is 11.5 Å². The predicted octanol–water partition coefficient (Wildman–Crippen LogP) is 7.08. The van der Waals surface area contributed by atoms with E-state index in [1.807, 2.05) is 31.2 Å². The minimum atomic E-state index is -1.04. The summed E-state index contributed by atoms with van der Waals surface area (Å²) >= 11 is 15.3. The van der Waals surface area contributed by atoms with Crippen molar-refractivity contribution in [1.29, 1.82) is 0 Å². The van der Waals surface area contributed by atoms with Crippen molar-refractivity contribution in [3.8, 4) is 5.75 Å². The first-order valence-corrected chi connectivity index (χ1v) is 14.2. The maximum Gasteiger partial charge on any atom is 0.301 e. The lowest BCUT2D eigenvalue weighted by atomic mass is 9.95. The van der Waals surface area contributed by atoms with Gasteiger partial charge < -0.3 is 9.84 Å². The molecule has 3 aromatic carbocycles. The van der Waals surface area contributed by atoms with Gasteiger partial charge in [0.05, 0.1) is 18.7 Å². The largest absolute Gasteiger partial charge is 0.507 e. The van der Waals surface area contributed by atoms with Gasteiger partial charge in [-0.05, 0) is 54.4 Å². The molecule has 7 nitrogen and oxygen atoms in total. The van der Waals surface area contributed by atoms with E-state index < -0.39 is 17.7 Å². The topological polar surface area (TPSA) is 92.6 Å². The smallest absolute Gasteiger partial charge is 0.301 e. The Morgan fingerprint density at radius 1 is 1.05 bits per heavy atom. The number of nitrogens with zero attached hydrogens (tertiary/aromatic N) is 3. The van der Waals surface area contributed by atoms with E-state index in [2.05, 4.69) is 10.2 Å². The molecule has 198 valence electrons. The molecule has 11 heteroatoms. The fraction of sp³-hybridized carbons (Fsp3) is 0.143. The van der Waals surface area contributed by atoms with Crippen molar-refractivity contribution in [1.82, 2.24) is 10.2 Å². The standard InChI is InChI=1S/C28H21Cl2N3O4S2/c1-15-3-5-16(6-4-15)14-38-28-32-31-27(39-28)33-23(20-12-9-18(29)13-21(20)30)22(25(35)26(33)36)24(34)17-7-10-19(37-2)11-8-17/h3-13,23,34H,14H2,1-2H3/b24-22-. The Morgan fingerprint density at radius 2 is 1.77 bits per heavy atom. The van der Waals surface area contributed by atoms with Gasteiger partial charge in [-0.3, -0.25) is 14.5 Å². The van der Waals surface area contributed by atoms with Crippen LogP contribution in [-0.2, 0) is 15.3 Å². The van der Waals surface area contributed by atoms with E-state index in [0.717, 1.165) is 5.56 Å². The maximum absolute atomic E-state index is 13.4. The predicted molar refractivity (Wildman–Crippen MR) is 155 cm³/mol. The molecule has 39 heavy (non-hydrogen) atoms. The van der Waals surface area contributed by atoms with Crippen LogP contribution < -0.4 is 9.64 Å². The number of Topliss-reactive ketones (excluding diaryl/α,β-unsaturated/α-hetero) is 1. The molecule has 1 N–H and O–H groups in total. The quantitative estimate of drug-likeness (QED) is 0.0799. The molecule has 2 heterocycles. The highest BCUT2D eigenvalue weighted by molar-refractivity contribution is 8.00. The van der Waals surface area contributed by atoms with Crippen LogP contribution in [0.4, 0.5) is 5.13 Å². The van der Waals surface area contributed by atoms with E-state index in [1.165, 1.54) is 46.7 Å². The van der Waals surface area contributed by atoms with E-state index in [9.17, 15) is 14.7 Å². The lowest BCUT2D eigenvalue weighted by Gasteiger charge is -2.23. The van der Waals surface area contributed by atoms with E-state index in [-0.39, 0.29) is 21.5 Å². The maximum atomic E-state index is 13.4. The van der Waals surface area contributed by atoms with Crippen LogP contribution in [0.1, 0.15) is 28.3 Å². The molecular weight excluding hydrogens is 577 g/mol. The molecule has 4 aromatic rings. The van der Waals surface area contributed by atoms with Crippen molar-refractivity contribution < 1.29 is 19.4 Å². The van der Waals surface area contributed by atoms with E-state index in [1.54, 1.807) is 36.4 Å². The zero-order valence-electron chi connectivity index (χ0n) is 20.7. The Labute approximate surface area is 243 Å². The zero-order valence-corrected chi connectivity index (χ0v) is 23.9. The van der Waals surface area contributed by atoms with Crippen molar-refractivity contribution in [3.05, 3.63) is 105 Å². The lowest BCUT2D eigenvalue weighted by Crippen LogP contribution is -2.29. The highest BCUT2D eigenvalue weighted by Crippen LogP contribution is 2.46. The average molecular weight is 599 g/mol. The molecule has 5 rings (SSSR count). The van der Waals surface area contributed by atoms with Crippen molar-refractivity contribution in [3.63, 3.8) is 0 Å². The third-order valence-corrected chi connectivity index (χ3v) is 8.84. The van der Waals surface area contributed by atoms with Gasteiger partial charge in [0.15, 0.2) is 4.34 Å². The molecule has 0 radical (unpaired) electrons. The normalized spacial score (nSPS) is 16.6. The summed E-state index contributed by atoms with van der Waals surface area (Å²) in [6, 6.07) is 18.4. The van der Waals surface area contributed by atoms with Crippen LogP contribution in [-0.4, -0.2) is 34.1 Å². The number of ketones is 1. The van der Waals surface area contributed by atoms with Gasteiger partial charge >= 0.3 is 5.91 Å². The lowest BCUT2D eigenvalue weighted by molar-refractivity contribution is -0.132. The van der Waals surface area contributed by atoms with Gasteiger partial charge in [-0.1, -0.05) is 82.2 Å². The molecule has 1 aliphatic heterocycles. The fourth-order valence-electron chi connectivity index (χ4n) is 4.14.